The third-order valence-electron chi connectivity index (χ3n) is 5.79. The van der Waals surface area contributed by atoms with Crippen molar-refractivity contribution < 1.29 is 8.91 Å². The Morgan fingerprint density at radius 1 is 1.03 bits per heavy atom. The van der Waals surface area contributed by atoms with Crippen molar-refractivity contribution in [1.82, 2.24) is 15.5 Å². The number of rotatable bonds is 4. The molecule has 5 nitrogen and oxygen atoms in total. The third kappa shape index (κ3) is 4.08. The number of nitrogens with one attached hydrogen (secondary N) is 1. The molecule has 1 aromatic heterocycles. The van der Waals surface area contributed by atoms with Gasteiger partial charge in [-0.1, -0.05) is 65.3 Å². The highest BCUT2D eigenvalue weighted by Gasteiger charge is 2.35. The van der Waals surface area contributed by atoms with Crippen molar-refractivity contribution in [3.05, 3.63) is 106 Å². The first-order valence-electron chi connectivity index (χ1n) is 10.6. The summed E-state index contributed by atoms with van der Waals surface area (Å²) in [5.74, 6) is 0.523. The Morgan fingerprint density at radius 2 is 1.76 bits per heavy atom. The Morgan fingerprint density at radius 3 is 2.47 bits per heavy atom. The molecule has 34 heavy (non-hydrogen) atoms. The van der Waals surface area contributed by atoms with Crippen LogP contribution in [0.4, 0.5) is 10.1 Å². The van der Waals surface area contributed by atoms with Crippen LogP contribution in [0.25, 0.3) is 17.0 Å². The summed E-state index contributed by atoms with van der Waals surface area (Å²) in [4.78, 5) is 6.47. The van der Waals surface area contributed by atoms with E-state index >= 15 is 0 Å². The van der Waals surface area contributed by atoms with E-state index in [0.717, 1.165) is 22.4 Å². The molecule has 1 N–H and O–H groups in total. The van der Waals surface area contributed by atoms with Crippen molar-refractivity contribution in [3.63, 3.8) is 0 Å². The molecule has 0 fully saturated rings. The highest BCUT2D eigenvalue weighted by Crippen LogP contribution is 2.39. The van der Waals surface area contributed by atoms with Crippen molar-refractivity contribution >= 4 is 40.2 Å². The van der Waals surface area contributed by atoms with Gasteiger partial charge in [0.15, 0.2) is 5.11 Å². The predicted octanol–water partition coefficient (Wildman–Crippen LogP) is 6.70. The van der Waals surface area contributed by atoms with Gasteiger partial charge in [0.25, 0.3) is 5.89 Å². The van der Waals surface area contributed by atoms with Crippen LogP contribution in [0.5, 0.6) is 0 Å². The highest BCUT2D eigenvalue weighted by atomic mass is 35.5. The van der Waals surface area contributed by atoms with E-state index in [1.54, 1.807) is 17.9 Å². The lowest BCUT2D eigenvalue weighted by Gasteiger charge is -2.37. The summed E-state index contributed by atoms with van der Waals surface area (Å²) in [5.41, 5.74) is 4.44. The second-order valence-corrected chi connectivity index (χ2v) is 8.81. The molecule has 3 aromatic carbocycles. The van der Waals surface area contributed by atoms with Crippen LogP contribution in [0.2, 0.25) is 5.02 Å². The molecule has 0 aliphatic carbocycles. The van der Waals surface area contributed by atoms with Crippen molar-refractivity contribution in [2.75, 3.05) is 4.90 Å². The van der Waals surface area contributed by atoms with E-state index < -0.39 is 0 Å². The molecule has 1 atom stereocenters. The van der Waals surface area contributed by atoms with E-state index in [-0.39, 0.29) is 11.9 Å². The molecule has 170 valence electrons. The van der Waals surface area contributed by atoms with E-state index in [4.69, 9.17) is 28.3 Å². The van der Waals surface area contributed by atoms with Gasteiger partial charge < -0.3 is 9.84 Å². The molecule has 8 heteroatoms. The van der Waals surface area contributed by atoms with Gasteiger partial charge >= 0.3 is 0 Å². The fourth-order valence-electron chi connectivity index (χ4n) is 3.99. The Balaban J connectivity index is 1.66. The minimum Gasteiger partial charge on any atom is -0.351 e. The maximum Gasteiger partial charge on any atom is 0.258 e. The quantitative estimate of drug-likeness (QED) is 0.321. The average Bonchev–Trinajstić information content (AvgIpc) is 3.32. The molecule has 0 saturated carbocycles. The Kier molecular flexibility index (Phi) is 5.89. The standard InChI is InChI=1S/C26H20ClFN4OS/c1-15-8-13-20(14-21(15)28)32-16(2)22(23(29-26(32)34)17-9-11-19(27)12-10-17)25-30-24(31-33-25)18-6-4-3-5-7-18/h3-14,23H,1-2H3,(H,29,34). The number of halogens is 2. The van der Waals surface area contributed by atoms with Gasteiger partial charge in [-0.05, 0) is 61.5 Å². The van der Waals surface area contributed by atoms with Crippen LogP contribution in [0.1, 0.15) is 30.0 Å². The summed E-state index contributed by atoms with van der Waals surface area (Å²) in [7, 11) is 0. The van der Waals surface area contributed by atoms with Crippen LogP contribution >= 0.6 is 23.8 Å². The van der Waals surface area contributed by atoms with E-state index in [1.807, 2.05) is 67.6 Å². The summed E-state index contributed by atoms with van der Waals surface area (Å²) < 4.78 is 20.2. The zero-order valence-electron chi connectivity index (χ0n) is 18.4. The van der Waals surface area contributed by atoms with Gasteiger partial charge in [-0.15, -0.1) is 0 Å². The zero-order valence-corrected chi connectivity index (χ0v) is 20.0. The van der Waals surface area contributed by atoms with Gasteiger partial charge in [-0.25, -0.2) is 4.39 Å². The van der Waals surface area contributed by atoms with Gasteiger partial charge in [-0.3, -0.25) is 4.90 Å². The van der Waals surface area contributed by atoms with Crippen LogP contribution in [-0.2, 0) is 0 Å². The number of nitrogens with zero attached hydrogens (tertiary/aromatic N) is 3. The number of thiocarbonyl (C=S) groups is 1. The molecular weight excluding hydrogens is 471 g/mol. The van der Waals surface area contributed by atoms with Gasteiger partial charge in [0.05, 0.1) is 17.3 Å². The number of hydrogen-bond acceptors (Lipinski definition) is 4. The van der Waals surface area contributed by atoms with E-state index in [9.17, 15) is 4.39 Å². The molecule has 0 spiro atoms. The van der Waals surface area contributed by atoms with Crippen LogP contribution in [-0.4, -0.2) is 15.3 Å². The van der Waals surface area contributed by atoms with E-state index in [1.165, 1.54) is 6.07 Å². The topological polar surface area (TPSA) is 54.2 Å². The van der Waals surface area contributed by atoms with Crippen molar-refractivity contribution in [2.24, 2.45) is 0 Å². The number of allylic oxidation sites excluding steroid dienone is 1. The average molecular weight is 491 g/mol. The van der Waals surface area contributed by atoms with Crippen LogP contribution in [0.15, 0.2) is 83.0 Å². The van der Waals surface area contributed by atoms with Crippen LogP contribution < -0.4 is 10.2 Å². The monoisotopic (exact) mass is 490 g/mol. The van der Waals surface area contributed by atoms with Crippen molar-refractivity contribution in [3.8, 4) is 11.4 Å². The molecule has 2 heterocycles. The smallest absolute Gasteiger partial charge is 0.258 e. The largest absolute Gasteiger partial charge is 0.351 e. The van der Waals surface area contributed by atoms with Gasteiger partial charge in [0.1, 0.15) is 5.82 Å². The minimum absolute atomic E-state index is 0.307. The summed E-state index contributed by atoms with van der Waals surface area (Å²) in [6.45, 7) is 3.63. The summed E-state index contributed by atoms with van der Waals surface area (Å²) in [6.07, 6.45) is 0. The lowest BCUT2D eigenvalue weighted by molar-refractivity contribution is 0.404. The molecule has 5 rings (SSSR count). The molecule has 0 radical (unpaired) electrons. The number of hydrogen-bond donors (Lipinski definition) is 1. The molecule has 0 amide bonds. The second-order valence-electron chi connectivity index (χ2n) is 7.99. The van der Waals surface area contributed by atoms with Gasteiger partial charge in [0.2, 0.25) is 5.82 Å². The van der Waals surface area contributed by atoms with Gasteiger partial charge in [-0.2, -0.15) is 4.98 Å². The molecule has 1 unspecified atom stereocenters. The van der Waals surface area contributed by atoms with Crippen molar-refractivity contribution in [2.45, 2.75) is 19.9 Å². The highest BCUT2D eigenvalue weighted by molar-refractivity contribution is 7.80. The first-order chi connectivity index (χ1) is 16.4. The predicted molar refractivity (Wildman–Crippen MR) is 136 cm³/mol. The lowest BCUT2D eigenvalue weighted by Crippen LogP contribution is -2.46. The van der Waals surface area contributed by atoms with Gasteiger partial charge in [0, 0.05) is 16.3 Å². The number of benzene rings is 3. The first kappa shape index (κ1) is 22.3. The number of anilines is 1. The summed E-state index contributed by atoms with van der Waals surface area (Å²) in [6, 6.07) is 21.8. The fourth-order valence-corrected chi connectivity index (χ4v) is 4.48. The normalized spacial score (nSPS) is 16.1. The second kappa shape index (κ2) is 9.00. The zero-order chi connectivity index (χ0) is 23.8. The maximum absolute atomic E-state index is 14.4. The number of aryl methyl sites for hydroxylation is 1. The molecule has 4 aromatic rings. The molecule has 0 saturated heterocycles. The van der Waals surface area contributed by atoms with Crippen LogP contribution in [0, 0.1) is 12.7 Å². The molecule has 1 aliphatic heterocycles. The summed E-state index contributed by atoms with van der Waals surface area (Å²) >= 11 is 11.8. The first-order valence-corrected chi connectivity index (χ1v) is 11.4. The van der Waals surface area contributed by atoms with E-state index in [2.05, 4.69) is 15.5 Å². The molecular formula is C26H20ClFN4OS. The SMILES string of the molecule is CC1=C(c2nc(-c3ccccc3)no2)C(c2ccc(Cl)cc2)NC(=S)N1c1ccc(C)c(F)c1. The maximum atomic E-state index is 14.4. The fraction of sp³-hybridized carbons (Fsp3) is 0.115. The summed E-state index contributed by atoms with van der Waals surface area (Å²) in [5, 5.41) is 8.64. The molecule has 1 aliphatic rings. The Bertz CT molecular complexity index is 1400. The number of aromatic nitrogens is 2. The molecule has 0 bridgehead atoms. The van der Waals surface area contributed by atoms with E-state index in [0.29, 0.717) is 33.1 Å². The third-order valence-corrected chi connectivity index (χ3v) is 6.34. The van der Waals surface area contributed by atoms with Crippen molar-refractivity contribution in [1.29, 1.82) is 0 Å². The Hall–Kier alpha value is -3.55. The van der Waals surface area contributed by atoms with Crippen LogP contribution in [0.3, 0.4) is 0 Å². The Labute approximate surface area is 206 Å². The lowest BCUT2D eigenvalue weighted by atomic mass is 9.94. The minimum atomic E-state index is -0.361.